The molecule has 4 heterocycles. The lowest BCUT2D eigenvalue weighted by Gasteiger charge is -2.10. The molecule has 0 aliphatic rings. The van der Waals surface area contributed by atoms with Crippen molar-refractivity contribution in [1.82, 2.24) is 24.3 Å². The molecule has 0 radical (unpaired) electrons. The minimum absolute atomic E-state index is 0.548. The summed E-state index contributed by atoms with van der Waals surface area (Å²) in [7, 11) is 3.32. The van der Waals surface area contributed by atoms with Crippen LogP contribution in [0.2, 0.25) is 0 Å². The van der Waals surface area contributed by atoms with E-state index in [2.05, 4.69) is 26.7 Å². The predicted octanol–water partition coefficient (Wildman–Crippen LogP) is 5.58. The quantitative estimate of drug-likeness (QED) is 0.256. The van der Waals surface area contributed by atoms with Crippen molar-refractivity contribution < 1.29 is 9.47 Å². The van der Waals surface area contributed by atoms with Crippen molar-refractivity contribution in [3.05, 3.63) is 103 Å². The molecule has 0 amide bonds. The zero-order valence-electron chi connectivity index (χ0n) is 21.6. The maximum atomic E-state index is 5.27. The number of nitrogens with zero attached hydrogens (tertiary/aromatic N) is 5. The summed E-state index contributed by atoms with van der Waals surface area (Å²) in [5.41, 5.74) is 5.75. The maximum Gasteiger partial charge on any atom is 0.223 e. The molecule has 2 aromatic carbocycles. The summed E-state index contributed by atoms with van der Waals surface area (Å²) in [5, 5.41) is 7.79. The molecule has 9 heteroatoms. The van der Waals surface area contributed by atoms with Crippen molar-refractivity contribution in [2.75, 3.05) is 24.9 Å². The standard InChI is InChI=1S/C30H27N7O2/c1-38-22-9-5-20(6-10-22)18-34-29-32-16-13-25(36-29)27-24-4-3-15-31-28(24)37-26(27)14-17-33-30(37)35-19-21-7-11-23(39-2)12-8-21/h3-17H,18-19H2,1-2H3,(H,33,35)(H,32,34,36). The summed E-state index contributed by atoms with van der Waals surface area (Å²) in [5.74, 6) is 2.90. The van der Waals surface area contributed by atoms with Crippen LogP contribution in [0.15, 0.2) is 91.4 Å². The highest BCUT2D eigenvalue weighted by molar-refractivity contribution is 6.04. The van der Waals surface area contributed by atoms with E-state index in [0.29, 0.717) is 25.0 Å². The number of pyridine rings is 1. The molecule has 39 heavy (non-hydrogen) atoms. The monoisotopic (exact) mass is 517 g/mol. The lowest BCUT2D eigenvalue weighted by Crippen LogP contribution is -2.06. The first kappa shape index (κ1) is 24.2. The van der Waals surface area contributed by atoms with Gasteiger partial charge >= 0.3 is 0 Å². The van der Waals surface area contributed by atoms with E-state index >= 15 is 0 Å². The molecule has 0 unspecified atom stereocenters. The van der Waals surface area contributed by atoms with Gasteiger partial charge in [0.25, 0.3) is 0 Å². The van der Waals surface area contributed by atoms with E-state index in [1.165, 1.54) is 0 Å². The minimum atomic E-state index is 0.548. The van der Waals surface area contributed by atoms with E-state index in [9.17, 15) is 0 Å². The summed E-state index contributed by atoms with van der Waals surface area (Å²) >= 11 is 0. The Morgan fingerprint density at radius 2 is 1.36 bits per heavy atom. The first-order valence-corrected chi connectivity index (χ1v) is 12.5. The fraction of sp³-hybridized carbons (Fsp3) is 0.133. The molecule has 0 saturated carbocycles. The molecule has 0 bridgehead atoms. The second-order valence-corrected chi connectivity index (χ2v) is 8.91. The molecule has 0 atom stereocenters. The highest BCUT2D eigenvalue weighted by Crippen LogP contribution is 2.35. The van der Waals surface area contributed by atoms with Crippen LogP contribution < -0.4 is 20.1 Å². The van der Waals surface area contributed by atoms with Crippen LogP contribution in [0.3, 0.4) is 0 Å². The minimum Gasteiger partial charge on any atom is -0.497 e. The fourth-order valence-corrected chi connectivity index (χ4v) is 4.57. The van der Waals surface area contributed by atoms with Crippen LogP contribution in [0.1, 0.15) is 11.1 Å². The number of methoxy groups -OCH3 is 2. The van der Waals surface area contributed by atoms with Gasteiger partial charge in [0, 0.05) is 42.6 Å². The van der Waals surface area contributed by atoms with E-state index in [1.807, 2.05) is 71.1 Å². The van der Waals surface area contributed by atoms with Crippen LogP contribution in [-0.2, 0) is 13.1 Å². The normalized spacial score (nSPS) is 11.0. The Labute approximate surface area is 225 Å². The average molecular weight is 518 g/mol. The third-order valence-corrected chi connectivity index (χ3v) is 6.54. The molecule has 0 spiro atoms. The van der Waals surface area contributed by atoms with E-state index in [1.54, 1.807) is 32.8 Å². The van der Waals surface area contributed by atoms with Crippen molar-refractivity contribution in [3.63, 3.8) is 0 Å². The van der Waals surface area contributed by atoms with Crippen LogP contribution in [0.5, 0.6) is 11.5 Å². The lowest BCUT2D eigenvalue weighted by molar-refractivity contribution is 0.414. The Hall–Kier alpha value is -5.18. The molecule has 4 aromatic heterocycles. The number of hydrogen-bond acceptors (Lipinski definition) is 8. The topological polar surface area (TPSA) is 98.5 Å². The molecule has 9 nitrogen and oxygen atoms in total. The summed E-state index contributed by atoms with van der Waals surface area (Å²) in [6, 6.07) is 23.8. The largest absolute Gasteiger partial charge is 0.497 e. The summed E-state index contributed by atoms with van der Waals surface area (Å²) in [4.78, 5) is 18.7. The lowest BCUT2D eigenvalue weighted by atomic mass is 10.1. The van der Waals surface area contributed by atoms with Gasteiger partial charge in [-0.25, -0.2) is 19.9 Å². The van der Waals surface area contributed by atoms with Crippen molar-refractivity contribution in [1.29, 1.82) is 0 Å². The van der Waals surface area contributed by atoms with Gasteiger partial charge in [-0.3, -0.25) is 4.40 Å². The van der Waals surface area contributed by atoms with Crippen LogP contribution in [0.25, 0.3) is 27.8 Å². The van der Waals surface area contributed by atoms with Gasteiger partial charge in [-0.15, -0.1) is 0 Å². The van der Waals surface area contributed by atoms with E-state index in [4.69, 9.17) is 19.4 Å². The van der Waals surface area contributed by atoms with Crippen LogP contribution in [0.4, 0.5) is 11.9 Å². The van der Waals surface area contributed by atoms with Crippen molar-refractivity contribution >= 4 is 28.4 Å². The molecule has 0 aliphatic heterocycles. The van der Waals surface area contributed by atoms with Gasteiger partial charge in [-0.2, -0.15) is 0 Å². The van der Waals surface area contributed by atoms with Gasteiger partial charge < -0.3 is 20.1 Å². The van der Waals surface area contributed by atoms with Crippen LogP contribution in [-0.4, -0.2) is 38.6 Å². The molecule has 0 fully saturated rings. The highest BCUT2D eigenvalue weighted by Gasteiger charge is 2.18. The molecular formula is C30H27N7O2. The Morgan fingerprint density at radius 3 is 2.05 bits per heavy atom. The van der Waals surface area contributed by atoms with E-state index in [0.717, 1.165) is 50.4 Å². The van der Waals surface area contributed by atoms with Gasteiger partial charge in [-0.05, 0) is 59.7 Å². The number of benzene rings is 2. The number of fused-ring (bicyclic) bond motifs is 3. The van der Waals surface area contributed by atoms with Crippen molar-refractivity contribution in [2.45, 2.75) is 13.1 Å². The number of nitrogens with one attached hydrogen (secondary N) is 2. The summed E-state index contributed by atoms with van der Waals surface area (Å²) < 4.78 is 12.6. The van der Waals surface area contributed by atoms with Crippen molar-refractivity contribution in [2.24, 2.45) is 0 Å². The zero-order chi connectivity index (χ0) is 26.6. The molecular weight excluding hydrogens is 490 g/mol. The number of anilines is 2. The second-order valence-electron chi connectivity index (χ2n) is 8.91. The van der Waals surface area contributed by atoms with E-state index < -0.39 is 0 Å². The van der Waals surface area contributed by atoms with Crippen molar-refractivity contribution in [3.8, 4) is 22.8 Å². The fourth-order valence-electron chi connectivity index (χ4n) is 4.57. The Bertz CT molecular complexity index is 1730. The Kier molecular flexibility index (Phi) is 6.61. The number of rotatable bonds is 9. The van der Waals surface area contributed by atoms with Gasteiger partial charge in [0.2, 0.25) is 11.9 Å². The average Bonchev–Trinajstić information content (AvgIpc) is 3.34. The maximum absolute atomic E-state index is 5.27. The smallest absolute Gasteiger partial charge is 0.223 e. The molecule has 0 saturated heterocycles. The van der Waals surface area contributed by atoms with Crippen LogP contribution in [0, 0.1) is 0 Å². The number of hydrogen-bond donors (Lipinski definition) is 2. The Morgan fingerprint density at radius 1 is 0.692 bits per heavy atom. The van der Waals surface area contributed by atoms with Gasteiger partial charge in [0.1, 0.15) is 17.1 Å². The third kappa shape index (κ3) is 4.89. The molecule has 6 rings (SSSR count). The Balaban J connectivity index is 1.33. The van der Waals surface area contributed by atoms with Gasteiger partial charge in [-0.1, -0.05) is 24.3 Å². The molecule has 0 aliphatic carbocycles. The molecule has 2 N–H and O–H groups in total. The van der Waals surface area contributed by atoms with E-state index in [-0.39, 0.29) is 0 Å². The predicted molar refractivity (Wildman–Crippen MR) is 152 cm³/mol. The number of aromatic nitrogens is 5. The summed E-state index contributed by atoms with van der Waals surface area (Å²) in [6.45, 7) is 1.19. The first-order chi connectivity index (χ1) is 19.2. The van der Waals surface area contributed by atoms with Crippen LogP contribution >= 0.6 is 0 Å². The second kappa shape index (κ2) is 10.7. The summed E-state index contributed by atoms with van der Waals surface area (Å²) in [6.07, 6.45) is 5.37. The first-order valence-electron chi connectivity index (χ1n) is 12.5. The zero-order valence-corrected chi connectivity index (χ0v) is 21.6. The molecule has 6 aromatic rings. The molecule has 194 valence electrons. The van der Waals surface area contributed by atoms with Gasteiger partial charge in [0.15, 0.2) is 0 Å². The SMILES string of the molecule is COc1ccc(CNc2nccc(-c3c4cccnc4n4c(NCc5ccc(OC)cc5)nccc34)n2)cc1. The highest BCUT2D eigenvalue weighted by atomic mass is 16.5. The number of ether oxygens (including phenoxy) is 2. The third-order valence-electron chi connectivity index (χ3n) is 6.54. The van der Waals surface area contributed by atoms with Gasteiger partial charge in [0.05, 0.1) is 25.4 Å².